The van der Waals surface area contributed by atoms with Gasteiger partial charge in [-0.1, -0.05) is 47.6 Å². The van der Waals surface area contributed by atoms with Crippen LogP contribution in [0.15, 0.2) is 18.2 Å². The summed E-state index contributed by atoms with van der Waals surface area (Å²) in [5.74, 6) is 0. The van der Waals surface area contributed by atoms with Gasteiger partial charge in [0.15, 0.2) is 0 Å². The molecule has 1 heterocycles. The van der Waals surface area contributed by atoms with Crippen molar-refractivity contribution < 1.29 is 14.3 Å². The van der Waals surface area contributed by atoms with Gasteiger partial charge in [0, 0.05) is 19.1 Å². The van der Waals surface area contributed by atoms with Crippen LogP contribution in [0.2, 0.25) is 16.6 Å². The van der Waals surface area contributed by atoms with Gasteiger partial charge in [0.25, 0.3) is 0 Å². The number of anilines is 2. The number of amides is 1. The molecule has 1 amide bonds. The van der Waals surface area contributed by atoms with E-state index in [0.717, 1.165) is 30.5 Å². The molecule has 0 radical (unpaired) electrons. The summed E-state index contributed by atoms with van der Waals surface area (Å²) in [5, 5.41) is 12.9. The fraction of sp³-hybridized carbons (Fsp3) is 0.696. The summed E-state index contributed by atoms with van der Waals surface area (Å²) in [6, 6.07) is 6.11. The molecule has 0 spiro atoms. The van der Waals surface area contributed by atoms with Gasteiger partial charge < -0.3 is 25.5 Å². The highest BCUT2D eigenvalue weighted by Gasteiger charge is 2.44. The zero-order valence-corrected chi connectivity index (χ0v) is 20.6. The molecule has 4 N–H and O–H groups in total. The van der Waals surface area contributed by atoms with Crippen molar-refractivity contribution in [1.29, 1.82) is 0 Å². The molecule has 170 valence electrons. The Balaban J connectivity index is 2.15. The van der Waals surface area contributed by atoms with Crippen molar-refractivity contribution in [2.24, 2.45) is 0 Å². The summed E-state index contributed by atoms with van der Waals surface area (Å²) >= 11 is 0. The Kier molecular flexibility index (Phi) is 8.61. The van der Waals surface area contributed by atoms with E-state index in [1.54, 1.807) is 0 Å². The van der Waals surface area contributed by atoms with E-state index in [9.17, 15) is 9.90 Å². The lowest BCUT2D eigenvalue weighted by molar-refractivity contribution is 0.146. The molecule has 30 heavy (non-hydrogen) atoms. The van der Waals surface area contributed by atoms with E-state index in [4.69, 9.17) is 10.2 Å². The molecule has 1 aliphatic heterocycles. The summed E-state index contributed by atoms with van der Waals surface area (Å²) in [7, 11) is -1.94. The summed E-state index contributed by atoms with van der Waals surface area (Å²) in [6.45, 7) is 15.4. The van der Waals surface area contributed by atoms with Gasteiger partial charge in [0.1, 0.15) is 0 Å². The number of nitrogens with two attached hydrogens (primary N) is 1. The lowest BCUT2D eigenvalue weighted by Crippen LogP contribution is -2.47. The van der Waals surface area contributed by atoms with E-state index in [0.29, 0.717) is 42.0 Å². The Morgan fingerprint density at radius 2 is 1.83 bits per heavy atom. The molecular formula is C23H41N3O3Si. The Hall–Kier alpha value is -1.73. The predicted octanol–water partition coefficient (Wildman–Crippen LogP) is 5.91. The van der Waals surface area contributed by atoms with Crippen LogP contribution in [0.4, 0.5) is 16.2 Å². The maximum atomic E-state index is 11.4. The molecule has 0 saturated carbocycles. The van der Waals surface area contributed by atoms with E-state index < -0.39 is 14.4 Å². The molecule has 1 fully saturated rings. The Labute approximate surface area is 183 Å². The molecule has 0 aromatic heterocycles. The molecule has 0 aliphatic carbocycles. The van der Waals surface area contributed by atoms with Crippen LogP contribution in [0.25, 0.3) is 0 Å². The largest absolute Gasteiger partial charge is 0.465 e. The highest BCUT2D eigenvalue weighted by molar-refractivity contribution is 6.77. The van der Waals surface area contributed by atoms with Gasteiger partial charge in [-0.05, 0) is 53.6 Å². The molecule has 0 bridgehead atoms. The van der Waals surface area contributed by atoms with Gasteiger partial charge in [-0.2, -0.15) is 0 Å². The van der Waals surface area contributed by atoms with Crippen LogP contribution >= 0.6 is 0 Å². The number of nitrogens with one attached hydrogen (secondary N) is 1. The van der Waals surface area contributed by atoms with Crippen LogP contribution in [0.3, 0.4) is 0 Å². The molecule has 1 aliphatic rings. The lowest BCUT2D eigenvalue weighted by Gasteiger charge is -2.42. The topological polar surface area (TPSA) is 87.8 Å². The first-order chi connectivity index (χ1) is 14.1. The Bertz CT molecular complexity index is 687. The van der Waals surface area contributed by atoms with Gasteiger partial charge in [-0.15, -0.1) is 0 Å². The van der Waals surface area contributed by atoms with Gasteiger partial charge >= 0.3 is 6.09 Å². The normalized spacial score (nSPS) is 18.2. The zero-order chi connectivity index (χ0) is 22.5. The van der Waals surface area contributed by atoms with Crippen LogP contribution in [0.1, 0.15) is 66.4 Å². The molecule has 1 aromatic carbocycles. The lowest BCUT2D eigenvalue weighted by atomic mass is 10.1. The minimum Gasteiger partial charge on any atom is -0.465 e. The van der Waals surface area contributed by atoms with E-state index in [1.165, 1.54) is 4.90 Å². The highest BCUT2D eigenvalue weighted by atomic mass is 28.4. The number of benzene rings is 1. The quantitative estimate of drug-likeness (QED) is 0.349. The summed E-state index contributed by atoms with van der Waals surface area (Å²) in [6.07, 6.45) is 2.00. The van der Waals surface area contributed by atoms with Gasteiger partial charge in [0.2, 0.25) is 8.32 Å². The van der Waals surface area contributed by atoms with E-state index >= 15 is 0 Å². The van der Waals surface area contributed by atoms with Gasteiger partial charge in [-0.25, -0.2) is 4.79 Å². The first-order valence-electron chi connectivity index (χ1n) is 11.3. The van der Waals surface area contributed by atoms with Crippen molar-refractivity contribution in [1.82, 2.24) is 4.90 Å². The molecule has 7 heteroatoms. The number of likely N-dealkylation sites (tertiary alicyclic amines) is 1. The summed E-state index contributed by atoms with van der Waals surface area (Å²) in [4.78, 5) is 12.9. The highest BCUT2D eigenvalue weighted by Crippen LogP contribution is 2.42. The minimum absolute atomic E-state index is 0.0672. The number of carboxylic acid groups (broad SMARTS) is 1. The van der Waals surface area contributed by atoms with Crippen LogP contribution < -0.4 is 11.1 Å². The second-order valence-electron chi connectivity index (χ2n) is 9.59. The number of nitrogen functional groups attached to an aromatic ring is 1. The van der Waals surface area contributed by atoms with Crippen molar-refractivity contribution in [3.63, 3.8) is 0 Å². The minimum atomic E-state index is -1.94. The fourth-order valence-corrected chi connectivity index (χ4v) is 10.6. The molecule has 6 nitrogen and oxygen atoms in total. The third-order valence-corrected chi connectivity index (χ3v) is 12.7. The average molecular weight is 436 g/mol. The second kappa shape index (κ2) is 10.5. The maximum Gasteiger partial charge on any atom is 0.407 e. The van der Waals surface area contributed by atoms with Crippen molar-refractivity contribution >= 4 is 25.8 Å². The summed E-state index contributed by atoms with van der Waals surface area (Å²) in [5.41, 5.74) is 10.5. The standard InChI is InChI=1S/C23H41N3O3Si/c1-16(2)30(17(3)4,18(5)6)29-15-19-10-11-21(24)22(13-19)25-20-9-7-8-12-26(14-20)23(27)28/h10-11,13,16-18,20,25H,7-9,12,14-15,24H2,1-6H3,(H,27,28)/t20-/m1/s1. The number of rotatable bonds is 8. The fourth-order valence-electron chi connectivity index (χ4n) is 5.18. The maximum absolute atomic E-state index is 11.4. The van der Waals surface area contributed by atoms with Crippen molar-refractivity contribution in [3.8, 4) is 0 Å². The molecule has 1 aromatic rings. The van der Waals surface area contributed by atoms with Crippen LogP contribution in [-0.4, -0.2) is 43.5 Å². The first kappa shape index (κ1) is 24.5. The van der Waals surface area contributed by atoms with Crippen LogP contribution in [0, 0.1) is 0 Å². The number of hydrogen-bond acceptors (Lipinski definition) is 4. The monoisotopic (exact) mass is 435 g/mol. The molecule has 1 saturated heterocycles. The Morgan fingerprint density at radius 1 is 1.20 bits per heavy atom. The molecular weight excluding hydrogens is 394 g/mol. The molecule has 0 unspecified atom stereocenters. The smallest absolute Gasteiger partial charge is 0.407 e. The number of nitrogens with zero attached hydrogens (tertiary/aromatic N) is 1. The van der Waals surface area contributed by atoms with Crippen LogP contribution in [-0.2, 0) is 11.0 Å². The van der Waals surface area contributed by atoms with Crippen molar-refractivity contribution in [3.05, 3.63) is 23.8 Å². The number of carbonyl (C=O) groups is 1. The van der Waals surface area contributed by atoms with E-state index in [1.807, 2.05) is 12.1 Å². The third-order valence-electron chi connectivity index (χ3n) is 6.62. The van der Waals surface area contributed by atoms with E-state index in [2.05, 4.69) is 52.9 Å². The Morgan fingerprint density at radius 3 is 2.40 bits per heavy atom. The average Bonchev–Trinajstić information content (AvgIpc) is 2.89. The first-order valence-corrected chi connectivity index (χ1v) is 13.5. The van der Waals surface area contributed by atoms with Crippen molar-refractivity contribution in [2.75, 3.05) is 24.1 Å². The van der Waals surface area contributed by atoms with Gasteiger partial charge in [-0.3, -0.25) is 0 Å². The van der Waals surface area contributed by atoms with Crippen LogP contribution in [0.5, 0.6) is 0 Å². The number of hydrogen-bond donors (Lipinski definition) is 3. The predicted molar refractivity (Wildman–Crippen MR) is 128 cm³/mol. The zero-order valence-electron chi connectivity index (χ0n) is 19.6. The van der Waals surface area contributed by atoms with Gasteiger partial charge in [0.05, 0.1) is 18.0 Å². The second-order valence-corrected chi connectivity index (χ2v) is 15.1. The molecule has 1 atom stereocenters. The van der Waals surface area contributed by atoms with E-state index in [-0.39, 0.29) is 6.04 Å². The third kappa shape index (κ3) is 5.69. The summed E-state index contributed by atoms with van der Waals surface area (Å²) < 4.78 is 6.74. The molecule has 2 rings (SSSR count). The SMILES string of the molecule is CC(C)[Si](OCc1ccc(N)c(N[C@@H]2CCCCN(C(=O)O)C2)c1)(C(C)C)C(C)C. The van der Waals surface area contributed by atoms with Crippen molar-refractivity contribution in [2.45, 2.75) is 90.1 Å².